The highest BCUT2D eigenvalue weighted by Crippen LogP contribution is 2.19. The maximum absolute atomic E-state index is 12.6. The van der Waals surface area contributed by atoms with E-state index in [-0.39, 0.29) is 18.5 Å². The largest absolute Gasteiger partial charge is 0.481 e. The van der Waals surface area contributed by atoms with E-state index in [9.17, 15) is 9.59 Å². The van der Waals surface area contributed by atoms with Crippen molar-refractivity contribution in [1.82, 2.24) is 0 Å². The summed E-state index contributed by atoms with van der Waals surface area (Å²) in [5, 5.41) is 8.77. The van der Waals surface area contributed by atoms with Crippen LogP contribution >= 0.6 is 0 Å². The predicted molar refractivity (Wildman–Crippen MR) is 172 cm³/mol. The third kappa shape index (κ3) is 31.5. The molecule has 0 saturated heterocycles. The molecule has 1 N–H and O–H groups in total. The van der Waals surface area contributed by atoms with E-state index >= 15 is 0 Å². The number of aliphatic carboxylic acids is 1. The molecule has 0 heterocycles. The molecule has 0 radical (unpaired) electrons. The maximum Gasteiger partial charge on any atom is 0.306 e. The number of carboxylic acids is 1. The standard InChI is InChI=1S/C36H70O4/c1-3-5-7-9-11-12-13-14-15-16-17-18-20-25-29-33-36(39)40-34(30-26-22-19-10-8-6-4-2)31-27-23-21-24-28-32-35(37)38/h34H,3-33H2,1-2H3,(H,37,38). The van der Waals surface area contributed by atoms with Crippen molar-refractivity contribution >= 4 is 11.9 Å². The van der Waals surface area contributed by atoms with Crippen molar-refractivity contribution < 1.29 is 19.4 Å². The number of hydrogen-bond acceptors (Lipinski definition) is 3. The fourth-order valence-electron chi connectivity index (χ4n) is 5.66. The quantitative estimate of drug-likeness (QED) is 0.0633. The van der Waals surface area contributed by atoms with Gasteiger partial charge in [0.05, 0.1) is 0 Å². The van der Waals surface area contributed by atoms with Gasteiger partial charge >= 0.3 is 11.9 Å². The SMILES string of the molecule is CCCCCCCCCCCCCCCCCC(=O)OC(CCCCCCCCC)CCCCCCCC(=O)O. The van der Waals surface area contributed by atoms with Crippen LogP contribution in [0.3, 0.4) is 0 Å². The van der Waals surface area contributed by atoms with Crippen LogP contribution in [0.2, 0.25) is 0 Å². The molecule has 0 rings (SSSR count). The van der Waals surface area contributed by atoms with Crippen LogP contribution in [-0.4, -0.2) is 23.1 Å². The van der Waals surface area contributed by atoms with Crippen LogP contribution in [0, 0.1) is 0 Å². The Morgan fingerprint density at radius 1 is 0.450 bits per heavy atom. The Morgan fingerprint density at radius 3 is 1.10 bits per heavy atom. The molecular weight excluding hydrogens is 496 g/mol. The van der Waals surface area contributed by atoms with Gasteiger partial charge in [0, 0.05) is 12.8 Å². The Bertz CT molecular complexity index is 533. The Kier molecular flexibility index (Phi) is 31.6. The van der Waals surface area contributed by atoms with E-state index < -0.39 is 5.97 Å². The van der Waals surface area contributed by atoms with Crippen LogP contribution in [0.25, 0.3) is 0 Å². The van der Waals surface area contributed by atoms with Gasteiger partial charge in [0.15, 0.2) is 0 Å². The molecule has 0 aliphatic heterocycles. The number of carbonyl (C=O) groups excluding carboxylic acids is 1. The second kappa shape index (κ2) is 32.5. The summed E-state index contributed by atoms with van der Waals surface area (Å²) in [6.45, 7) is 4.54. The average molecular weight is 567 g/mol. The van der Waals surface area contributed by atoms with E-state index in [1.54, 1.807) is 0 Å². The molecule has 4 nitrogen and oxygen atoms in total. The molecule has 0 aliphatic rings. The molecule has 0 bridgehead atoms. The van der Waals surface area contributed by atoms with Crippen molar-refractivity contribution in [1.29, 1.82) is 0 Å². The summed E-state index contributed by atoms with van der Waals surface area (Å²) in [5.41, 5.74) is 0. The molecule has 0 spiro atoms. The molecule has 238 valence electrons. The Hall–Kier alpha value is -1.06. The number of carboxylic acid groups (broad SMARTS) is 1. The van der Waals surface area contributed by atoms with Gasteiger partial charge in [-0.2, -0.15) is 0 Å². The Balaban J connectivity index is 3.89. The summed E-state index contributed by atoms with van der Waals surface area (Å²) >= 11 is 0. The lowest BCUT2D eigenvalue weighted by atomic mass is 10.0. The average Bonchev–Trinajstić information content (AvgIpc) is 2.93. The molecule has 4 heteroatoms. The van der Waals surface area contributed by atoms with Crippen molar-refractivity contribution in [2.75, 3.05) is 0 Å². The third-order valence-corrected chi connectivity index (χ3v) is 8.33. The van der Waals surface area contributed by atoms with Crippen LogP contribution in [0.15, 0.2) is 0 Å². The molecular formula is C36H70O4. The van der Waals surface area contributed by atoms with Gasteiger partial charge in [-0.1, -0.05) is 162 Å². The molecule has 0 saturated carbocycles. The van der Waals surface area contributed by atoms with E-state index in [0.29, 0.717) is 6.42 Å². The summed E-state index contributed by atoms with van der Waals surface area (Å²) < 4.78 is 5.96. The zero-order valence-electron chi connectivity index (χ0n) is 27.2. The van der Waals surface area contributed by atoms with Gasteiger partial charge in [0.25, 0.3) is 0 Å². The Labute approximate surface area is 250 Å². The van der Waals surface area contributed by atoms with Crippen LogP contribution < -0.4 is 0 Å². The van der Waals surface area contributed by atoms with E-state index in [2.05, 4.69) is 13.8 Å². The zero-order chi connectivity index (χ0) is 29.4. The summed E-state index contributed by atoms with van der Waals surface area (Å²) in [4.78, 5) is 23.2. The second-order valence-corrected chi connectivity index (χ2v) is 12.4. The summed E-state index contributed by atoms with van der Waals surface area (Å²) in [6, 6.07) is 0. The fourth-order valence-corrected chi connectivity index (χ4v) is 5.66. The second-order valence-electron chi connectivity index (χ2n) is 12.4. The van der Waals surface area contributed by atoms with Gasteiger partial charge in [0.2, 0.25) is 0 Å². The summed E-state index contributed by atoms with van der Waals surface area (Å²) in [6.07, 6.45) is 36.9. The van der Waals surface area contributed by atoms with Gasteiger partial charge in [-0.15, -0.1) is 0 Å². The number of ether oxygens (including phenoxy) is 1. The molecule has 0 amide bonds. The van der Waals surface area contributed by atoms with Gasteiger partial charge in [-0.3, -0.25) is 9.59 Å². The topological polar surface area (TPSA) is 63.6 Å². The van der Waals surface area contributed by atoms with Gasteiger partial charge < -0.3 is 9.84 Å². The van der Waals surface area contributed by atoms with E-state index in [1.165, 1.54) is 122 Å². The minimum atomic E-state index is -0.698. The van der Waals surface area contributed by atoms with Crippen molar-refractivity contribution in [3.63, 3.8) is 0 Å². The maximum atomic E-state index is 12.6. The smallest absolute Gasteiger partial charge is 0.306 e. The van der Waals surface area contributed by atoms with Crippen molar-refractivity contribution in [3.8, 4) is 0 Å². The first-order valence-electron chi connectivity index (χ1n) is 18.0. The Morgan fingerprint density at radius 2 is 0.750 bits per heavy atom. The van der Waals surface area contributed by atoms with Crippen molar-refractivity contribution in [2.45, 2.75) is 219 Å². The minimum Gasteiger partial charge on any atom is -0.481 e. The molecule has 40 heavy (non-hydrogen) atoms. The fraction of sp³-hybridized carbons (Fsp3) is 0.944. The lowest BCUT2D eigenvalue weighted by molar-refractivity contribution is -0.150. The first kappa shape index (κ1) is 38.9. The van der Waals surface area contributed by atoms with E-state index in [4.69, 9.17) is 9.84 Å². The molecule has 0 aromatic rings. The number of carbonyl (C=O) groups is 2. The van der Waals surface area contributed by atoms with Gasteiger partial charge in [-0.25, -0.2) is 0 Å². The van der Waals surface area contributed by atoms with Crippen LogP contribution in [0.5, 0.6) is 0 Å². The third-order valence-electron chi connectivity index (χ3n) is 8.33. The molecule has 0 aromatic carbocycles. The zero-order valence-corrected chi connectivity index (χ0v) is 27.2. The van der Waals surface area contributed by atoms with Crippen molar-refractivity contribution in [2.24, 2.45) is 0 Å². The van der Waals surface area contributed by atoms with Gasteiger partial charge in [0.1, 0.15) is 6.10 Å². The lowest BCUT2D eigenvalue weighted by Gasteiger charge is -2.18. The van der Waals surface area contributed by atoms with Crippen molar-refractivity contribution in [3.05, 3.63) is 0 Å². The normalized spacial score (nSPS) is 12.1. The predicted octanol–water partition coefficient (Wildman–Crippen LogP) is 12.1. The summed E-state index contributed by atoms with van der Waals surface area (Å²) in [5.74, 6) is -0.695. The van der Waals surface area contributed by atoms with Gasteiger partial charge in [-0.05, 0) is 38.5 Å². The molecule has 0 aromatic heterocycles. The van der Waals surface area contributed by atoms with Crippen LogP contribution in [-0.2, 0) is 14.3 Å². The first-order valence-corrected chi connectivity index (χ1v) is 18.0. The van der Waals surface area contributed by atoms with E-state index in [1.807, 2.05) is 0 Å². The first-order chi connectivity index (χ1) is 19.6. The highest BCUT2D eigenvalue weighted by molar-refractivity contribution is 5.69. The number of hydrogen-bond donors (Lipinski definition) is 1. The highest BCUT2D eigenvalue weighted by atomic mass is 16.5. The highest BCUT2D eigenvalue weighted by Gasteiger charge is 2.14. The molecule has 0 aliphatic carbocycles. The van der Waals surface area contributed by atoms with Crippen LogP contribution in [0.1, 0.15) is 213 Å². The molecule has 1 atom stereocenters. The number of rotatable bonds is 33. The minimum absolute atomic E-state index is 0.00379. The summed E-state index contributed by atoms with van der Waals surface area (Å²) in [7, 11) is 0. The van der Waals surface area contributed by atoms with Crippen LogP contribution in [0.4, 0.5) is 0 Å². The molecule has 1 unspecified atom stereocenters. The number of esters is 1. The lowest BCUT2D eigenvalue weighted by Crippen LogP contribution is -2.18. The van der Waals surface area contributed by atoms with E-state index in [0.717, 1.165) is 64.2 Å². The molecule has 0 fully saturated rings. The monoisotopic (exact) mass is 567 g/mol. The number of unbranched alkanes of at least 4 members (excludes halogenated alkanes) is 24.